The van der Waals surface area contributed by atoms with Gasteiger partial charge in [0.05, 0.1) is 0 Å². The van der Waals surface area contributed by atoms with Crippen molar-refractivity contribution in [3.05, 3.63) is 0 Å². The van der Waals surface area contributed by atoms with Crippen LogP contribution in [0.25, 0.3) is 0 Å². The fraction of sp³-hybridized carbons (Fsp3) is 0.571. The average molecular weight is 125 g/mol. The number of rotatable bonds is 4. The molecule has 0 amide bonds. The van der Waals surface area contributed by atoms with Gasteiger partial charge in [-0.25, -0.2) is 0 Å². The van der Waals surface area contributed by atoms with Gasteiger partial charge in [0.25, 0.3) is 0 Å². The van der Waals surface area contributed by atoms with E-state index in [1.807, 2.05) is 5.92 Å². The minimum atomic E-state index is -0.122. The van der Waals surface area contributed by atoms with Crippen LogP contribution in [0, 0.1) is 12.3 Å². The Morgan fingerprint density at radius 1 is 1.56 bits per heavy atom. The zero-order chi connectivity index (χ0) is 7.11. The number of ketones is 1. The maximum absolute atomic E-state index is 10.4. The summed E-state index contributed by atoms with van der Waals surface area (Å²) >= 11 is 0. The van der Waals surface area contributed by atoms with Crippen LogP contribution < -0.4 is 5.73 Å². The summed E-state index contributed by atoms with van der Waals surface area (Å²) in [6, 6.07) is 0. The van der Waals surface area contributed by atoms with Gasteiger partial charge in [-0.15, -0.1) is 6.42 Å². The average Bonchev–Trinajstić information content (AvgIpc) is 1.89. The van der Waals surface area contributed by atoms with E-state index in [0.29, 0.717) is 13.0 Å². The molecule has 0 aromatic rings. The van der Waals surface area contributed by atoms with Crippen molar-refractivity contribution in [2.24, 2.45) is 5.73 Å². The van der Waals surface area contributed by atoms with Crippen molar-refractivity contribution in [1.29, 1.82) is 0 Å². The number of terminal acetylenes is 1. The van der Waals surface area contributed by atoms with Crippen LogP contribution in [0.2, 0.25) is 0 Å². The molecule has 0 saturated heterocycles. The van der Waals surface area contributed by atoms with Crippen LogP contribution in [0.4, 0.5) is 0 Å². The highest BCUT2D eigenvalue weighted by Crippen LogP contribution is 1.92. The summed E-state index contributed by atoms with van der Waals surface area (Å²) in [5, 5.41) is 0. The van der Waals surface area contributed by atoms with E-state index in [9.17, 15) is 4.79 Å². The smallest absolute Gasteiger partial charge is 0.205 e. The van der Waals surface area contributed by atoms with Gasteiger partial charge in [-0.3, -0.25) is 4.79 Å². The largest absolute Gasteiger partial charge is 0.330 e. The molecule has 0 bridgehead atoms. The van der Waals surface area contributed by atoms with Crippen LogP contribution in [0.15, 0.2) is 0 Å². The molecule has 2 heteroatoms. The van der Waals surface area contributed by atoms with E-state index in [2.05, 4.69) is 0 Å². The Hall–Kier alpha value is -0.810. The van der Waals surface area contributed by atoms with Crippen molar-refractivity contribution in [3.8, 4) is 12.3 Å². The third-order valence-electron chi connectivity index (χ3n) is 1.02. The monoisotopic (exact) mass is 125 g/mol. The Balaban J connectivity index is 3.10. The zero-order valence-corrected chi connectivity index (χ0v) is 5.39. The first-order valence-electron chi connectivity index (χ1n) is 3.00. The fourth-order valence-corrected chi connectivity index (χ4v) is 0.502. The predicted octanol–water partition coefficient (Wildman–Crippen LogP) is 0.318. The van der Waals surface area contributed by atoms with Gasteiger partial charge in [-0.05, 0) is 25.3 Å². The SMILES string of the molecule is C#CC(=O)CCCCN. The van der Waals surface area contributed by atoms with Gasteiger partial charge in [0.2, 0.25) is 5.78 Å². The quantitative estimate of drug-likeness (QED) is 0.334. The van der Waals surface area contributed by atoms with Crippen molar-refractivity contribution < 1.29 is 4.79 Å². The number of Topliss-reactive ketones (excluding diaryl/α,β-unsaturated/α-hetero) is 1. The lowest BCUT2D eigenvalue weighted by Crippen LogP contribution is -2.00. The summed E-state index contributed by atoms with van der Waals surface area (Å²) in [4.78, 5) is 10.4. The second-order valence-corrected chi connectivity index (χ2v) is 1.81. The first-order chi connectivity index (χ1) is 4.31. The van der Waals surface area contributed by atoms with Crippen molar-refractivity contribution >= 4 is 5.78 Å². The van der Waals surface area contributed by atoms with Gasteiger partial charge in [-0.1, -0.05) is 0 Å². The Morgan fingerprint density at radius 3 is 2.67 bits per heavy atom. The van der Waals surface area contributed by atoms with E-state index in [1.165, 1.54) is 0 Å². The molecule has 0 aromatic carbocycles. The third-order valence-corrected chi connectivity index (χ3v) is 1.02. The lowest BCUT2D eigenvalue weighted by atomic mass is 10.2. The first-order valence-corrected chi connectivity index (χ1v) is 3.00. The second kappa shape index (κ2) is 5.33. The van der Waals surface area contributed by atoms with E-state index < -0.39 is 0 Å². The highest BCUT2D eigenvalue weighted by molar-refractivity contribution is 5.94. The molecule has 0 aliphatic heterocycles. The topological polar surface area (TPSA) is 43.1 Å². The van der Waals surface area contributed by atoms with Crippen molar-refractivity contribution in [2.45, 2.75) is 19.3 Å². The van der Waals surface area contributed by atoms with Gasteiger partial charge in [0.1, 0.15) is 0 Å². The number of unbranched alkanes of at least 4 members (excludes halogenated alkanes) is 1. The second-order valence-electron chi connectivity index (χ2n) is 1.81. The number of nitrogens with two attached hydrogens (primary N) is 1. The van der Waals surface area contributed by atoms with E-state index in [0.717, 1.165) is 12.8 Å². The van der Waals surface area contributed by atoms with Crippen molar-refractivity contribution in [3.63, 3.8) is 0 Å². The molecule has 0 fully saturated rings. The molecule has 2 N–H and O–H groups in total. The lowest BCUT2D eigenvalue weighted by molar-refractivity contribution is -0.113. The number of hydrogen-bond donors (Lipinski definition) is 1. The summed E-state index contributed by atoms with van der Waals surface area (Å²) < 4.78 is 0. The van der Waals surface area contributed by atoms with Gasteiger partial charge in [0.15, 0.2) is 0 Å². The Labute approximate surface area is 55.4 Å². The summed E-state index contributed by atoms with van der Waals surface area (Å²) in [5.41, 5.74) is 5.19. The highest BCUT2D eigenvalue weighted by Gasteiger charge is 1.93. The fourth-order valence-electron chi connectivity index (χ4n) is 0.502. The summed E-state index contributed by atoms with van der Waals surface area (Å²) in [5.74, 6) is 1.92. The van der Waals surface area contributed by atoms with Crippen LogP contribution >= 0.6 is 0 Å². The van der Waals surface area contributed by atoms with Crippen LogP contribution in [0.3, 0.4) is 0 Å². The molecule has 0 heterocycles. The molecule has 0 radical (unpaired) electrons. The van der Waals surface area contributed by atoms with Gasteiger partial charge in [-0.2, -0.15) is 0 Å². The molecule has 0 atom stereocenters. The van der Waals surface area contributed by atoms with Crippen molar-refractivity contribution in [1.82, 2.24) is 0 Å². The third kappa shape index (κ3) is 5.05. The van der Waals surface area contributed by atoms with Gasteiger partial charge in [0, 0.05) is 6.42 Å². The van der Waals surface area contributed by atoms with E-state index in [-0.39, 0.29) is 5.78 Å². The first kappa shape index (κ1) is 8.19. The van der Waals surface area contributed by atoms with Crippen molar-refractivity contribution in [2.75, 3.05) is 6.54 Å². The van der Waals surface area contributed by atoms with Crippen LogP contribution in [-0.4, -0.2) is 12.3 Å². The number of hydrogen-bond acceptors (Lipinski definition) is 2. The van der Waals surface area contributed by atoms with Crippen LogP contribution in [-0.2, 0) is 4.79 Å². The molecule has 50 valence electrons. The molecular weight excluding hydrogens is 114 g/mol. The molecule has 0 aliphatic carbocycles. The molecule has 0 aromatic heterocycles. The lowest BCUT2D eigenvalue weighted by Gasteiger charge is -1.90. The molecular formula is C7H11NO. The maximum Gasteiger partial charge on any atom is 0.205 e. The van der Waals surface area contributed by atoms with E-state index >= 15 is 0 Å². The van der Waals surface area contributed by atoms with Crippen LogP contribution in [0.1, 0.15) is 19.3 Å². The van der Waals surface area contributed by atoms with Gasteiger partial charge < -0.3 is 5.73 Å². The molecule has 0 aliphatic rings. The zero-order valence-electron chi connectivity index (χ0n) is 5.39. The van der Waals surface area contributed by atoms with Crippen LogP contribution in [0.5, 0.6) is 0 Å². The Kier molecular flexibility index (Phi) is 4.85. The normalized spacial score (nSPS) is 8.44. The molecule has 0 unspecified atom stereocenters. The molecule has 0 rings (SSSR count). The highest BCUT2D eigenvalue weighted by atomic mass is 16.1. The molecule has 9 heavy (non-hydrogen) atoms. The molecule has 0 spiro atoms. The summed E-state index contributed by atoms with van der Waals surface area (Å²) in [6.07, 6.45) is 7.00. The van der Waals surface area contributed by atoms with E-state index in [4.69, 9.17) is 12.2 Å². The standard InChI is InChI=1S/C7H11NO/c1-2-7(9)5-3-4-6-8/h1H,3-6,8H2. The Bertz CT molecular complexity index is 123. The predicted molar refractivity (Wildman–Crippen MR) is 36.7 cm³/mol. The molecule has 0 saturated carbocycles. The summed E-state index contributed by atoms with van der Waals surface area (Å²) in [6.45, 7) is 0.637. The molecule has 2 nitrogen and oxygen atoms in total. The maximum atomic E-state index is 10.4. The Morgan fingerprint density at radius 2 is 2.22 bits per heavy atom. The minimum absolute atomic E-state index is 0.122. The van der Waals surface area contributed by atoms with E-state index in [1.54, 1.807) is 0 Å². The minimum Gasteiger partial charge on any atom is -0.330 e. The van der Waals surface area contributed by atoms with Gasteiger partial charge >= 0.3 is 0 Å². The number of carbonyl (C=O) groups excluding carboxylic acids is 1. The summed E-state index contributed by atoms with van der Waals surface area (Å²) in [7, 11) is 0. The number of carbonyl (C=O) groups is 1.